The molecule has 0 atom stereocenters. The summed E-state index contributed by atoms with van der Waals surface area (Å²) in [4.78, 5) is 26.3. The van der Waals surface area contributed by atoms with Crippen LogP contribution in [0.2, 0.25) is 0 Å². The Kier molecular flexibility index (Phi) is 5.89. The van der Waals surface area contributed by atoms with E-state index in [0.717, 1.165) is 0 Å². The molecule has 2 amide bonds. The molecule has 2 N–H and O–H groups in total. The van der Waals surface area contributed by atoms with Crippen molar-refractivity contribution in [2.24, 2.45) is 5.11 Å². The van der Waals surface area contributed by atoms with Crippen LogP contribution in [0.3, 0.4) is 0 Å². The summed E-state index contributed by atoms with van der Waals surface area (Å²) in [5.74, 6) is 3.56. The van der Waals surface area contributed by atoms with Gasteiger partial charge in [-0.1, -0.05) is 17.0 Å². The van der Waals surface area contributed by atoms with Crippen molar-refractivity contribution in [3.8, 4) is 24.7 Å². The van der Waals surface area contributed by atoms with Gasteiger partial charge in [-0.25, -0.2) is 0 Å². The first-order chi connectivity index (χ1) is 10.1. The van der Waals surface area contributed by atoms with Gasteiger partial charge in [-0.3, -0.25) is 9.59 Å². The fraction of sp³-hybridized carbons (Fsp3) is 0.143. The highest BCUT2D eigenvalue weighted by Gasteiger charge is 2.12. The Morgan fingerprint density at radius 1 is 1.10 bits per heavy atom. The summed E-state index contributed by atoms with van der Waals surface area (Å²) in [7, 11) is 0. The maximum Gasteiger partial charge on any atom is 0.252 e. The van der Waals surface area contributed by atoms with Crippen LogP contribution in [0.25, 0.3) is 10.4 Å². The van der Waals surface area contributed by atoms with Crippen LogP contribution in [0, 0.1) is 24.7 Å². The predicted molar refractivity (Wildman–Crippen MR) is 77.6 cm³/mol. The van der Waals surface area contributed by atoms with Crippen molar-refractivity contribution in [2.45, 2.75) is 0 Å². The van der Waals surface area contributed by atoms with Crippen molar-refractivity contribution in [3.63, 3.8) is 0 Å². The van der Waals surface area contributed by atoms with E-state index in [2.05, 4.69) is 32.5 Å². The highest BCUT2D eigenvalue weighted by molar-refractivity contribution is 6.01. The van der Waals surface area contributed by atoms with Gasteiger partial charge in [-0.2, -0.15) is 0 Å². The van der Waals surface area contributed by atoms with Gasteiger partial charge >= 0.3 is 0 Å². The number of terminal acetylenes is 2. The minimum Gasteiger partial charge on any atom is -0.341 e. The molecule has 0 fully saturated rings. The number of carbonyl (C=O) groups is 2. The van der Waals surface area contributed by atoms with Gasteiger partial charge in [0.15, 0.2) is 0 Å². The molecule has 0 bridgehead atoms. The first kappa shape index (κ1) is 15.6. The Morgan fingerprint density at radius 2 is 1.57 bits per heavy atom. The van der Waals surface area contributed by atoms with Crippen LogP contribution < -0.4 is 10.6 Å². The maximum atomic E-state index is 11.8. The Morgan fingerprint density at radius 3 is 1.95 bits per heavy atom. The van der Waals surface area contributed by atoms with Crippen LogP contribution in [-0.2, 0) is 0 Å². The molecule has 1 aromatic rings. The monoisotopic (exact) mass is 281 g/mol. The summed E-state index contributed by atoms with van der Waals surface area (Å²) >= 11 is 0. The number of azide groups is 1. The minimum atomic E-state index is -0.478. The second kappa shape index (κ2) is 7.90. The van der Waals surface area contributed by atoms with Gasteiger partial charge in [0.2, 0.25) is 0 Å². The Balaban J connectivity index is 3.15. The summed E-state index contributed by atoms with van der Waals surface area (Å²) in [5, 5.41) is 8.30. The molecule has 0 saturated heterocycles. The molecule has 0 unspecified atom stereocenters. The first-order valence-electron chi connectivity index (χ1n) is 5.76. The van der Waals surface area contributed by atoms with Crippen LogP contribution in [0.4, 0.5) is 5.69 Å². The molecule has 0 radical (unpaired) electrons. The minimum absolute atomic E-state index is 0.0448. The molecule has 21 heavy (non-hydrogen) atoms. The highest BCUT2D eigenvalue weighted by Crippen LogP contribution is 2.18. The van der Waals surface area contributed by atoms with Gasteiger partial charge in [0, 0.05) is 21.7 Å². The van der Waals surface area contributed by atoms with Crippen molar-refractivity contribution in [3.05, 3.63) is 39.8 Å². The van der Waals surface area contributed by atoms with Crippen molar-refractivity contribution in [1.82, 2.24) is 10.6 Å². The average Bonchev–Trinajstić information content (AvgIpc) is 2.50. The van der Waals surface area contributed by atoms with Crippen LogP contribution in [0.1, 0.15) is 20.7 Å². The smallest absolute Gasteiger partial charge is 0.252 e. The molecular weight excluding hydrogens is 270 g/mol. The summed E-state index contributed by atoms with van der Waals surface area (Å²) in [6.45, 7) is 0.0897. The van der Waals surface area contributed by atoms with Crippen LogP contribution in [-0.4, -0.2) is 24.9 Å². The lowest BCUT2D eigenvalue weighted by atomic mass is 10.1. The molecule has 104 valence electrons. The average molecular weight is 281 g/mol. The first-order valence-corrected chi connectivity index (χ1v) is 5.76. The van der Waals surface area contributed by atoms with Crippen molar-refractivity contribution in [1.29, 1.82) is 0 Å². The molecule has 7 heteroatoms. The van der Waals surface area contributed by atoms with Crippen molar-refractivity contribution >= 4 is 17.5 Å². The SMILES string of the molecule is C#CCNC(=O)c1cc(N=[N+]=[N-])cc(C(=O)NCC#C)c1. The molecule has 1 aromatic carbocycles. The number of nitrogens with one attached hydrogen (secondary N) is 2. The molecule has 0 aliphatic heterocycles. The van der Waals surface area contributed by atoms with Gasteiger partial charge in [0.1, 0.15) is 0 Å². The Bertz CT molecular complexity index is 642. The summed E-state index contributed by atoms with van der Waals surface area (Å²) in [6, 6.07) is 4.06. The van der Waals surface area contributed by atoms with Crippen LogP contribution >= 0.6 is 0 Å². The lowest BCUT2D eigenvalue weighted by molar-refractivity contribution is 0.0958. The zero-order valence-corrected chi connectivity index (χ0v) is 11.0. The van der Waals surface area contributed by atoms with E-state index in [4.69, 9.17) is 18.4 Å². The van der Waals surface area contributed by atoms with Crippen molar-refractivity contribution in [2.75, 3.05) is 13.1 Å². The second-order valence-electron chi connectivity index (χ2n) is 3.73. The summed E-state index contributed by atoms with van der Waals surface area (Å²) in [6.07, 6.45) is 10.1. The lowest BCUT2D eigenvalue weighted by Gasteiger charge is -2.07. The van der Waals surface area contributed by atoms with E-state index in [1.807, 2.05) is 0 Å². The standard InChI is InChI=1S/C14H11N5O2/c1-3-5-16-13(20)10-7-11(14(21)17-6-4-2)9-12(8-10)18-19-15/h1-2,7-9H,5-6H2,(H,16,20)(H,17,21). The maximum absolute atomic E-state index is 11.8. The molecule has 0 aliphatic rings. The quantitative estimate of drug-likeness (QED) is 0.368. The fourth-order valence-corrected chi connectivity index (χ4v) is 1.45. The molecule has 0 saturated carbocycles. The zero-order valence-electron chi connectivity index (χ0n) is 11.0. The van der Waals surface area contributed by atoms with Crippen molar-refractivity contribution < 1.29 is 9.59 Å². The van der Waals surface area contributed by atoms with Crippen LogP contribution in [0.5, 0.6) is 0 Å². The van der Waals surface area contributed by atoms with Crippen LogP contribution in [0.15, 0.2) is 23.3 Å². The molecule has 0 heterocycles. The molecule has 1 rings (SSSR count). The highest BCUT2D eigenvalue weighted by atomic mass is 16.2. The van der Waals surface area contributed by atoms with Gasteiger partial charge < -0.3 is 10.6 Å². The number of hydrogen-bond donors (Lipinski definition) is 2. The fourth-order valence-electron chi connectivity index (χ4n) is 1.45. The van der Waals surface area contributed by atoms with E-state index in [1.54, 1.807) is 0 Å². The third-order valence-corrected chi connectivity index (χ3v) is 2.30. The molecule has 7 nitrogen and oxygen atoms in total. The van der Waals surface area contributed by atoms with Gasteiger partial charge in [0.05, 0.1) is 13.1 Å². The topological polar surface area (TPSA) is 107 Å². The van der Waals surface area contributed by atoms with Gasteiger partial charge in [0.25, 0.3) is 11.8 Å². The number of amides is 2. The van der Waals surface area contributed by atoms with Gasteiger partial charge in [-0.05, 0) is 23.7 Å². The number of hydrogen-bond acceptors (Lipinski definition) is 3. The van der Waals surface area contributed by atoms with E-state index in [9.17, 15) is 9.59 Å². The van der Waals surface area contributed by atoms with E-state index in [-0.39, 0.29) is 29.9 Å². The number of rotatable bonds is 5. The Labute approximate surface area is 121 Å². The van der Waals surface area contributed by atoms with E-state index in [1.165, 1.54) is 18.2 Å². The second-order valence-corrected chi connectivity index (χ2v) is 3.73. The van der Waals surface area contributed by atoms with E-state index >= 15 is 0 Å². The molecule has 0 aliphatic carbocycles. The van der Waals surface area contributed by atoms with E-state index in [0.29, 0.717) is 0 Å². The summed E-state index contributed by atoms with van der Waals surface area (Å²) in [5.41, 5.74) is 8.91. The molecule has 0 aromatic heterocycles. The third-order valence-electron chi connectivity index (χ3n) is 2.30. The van der Waals surface area contributed by atoms with E-state index < -0.39 is 11.8 Å². The zero-order chi connectivity index (χ0) is 15.7. The number of carbonyl (C=O) groups excluding carboxylic acids is 2. The summed E-state index contributed by atoms with van der Waals surface area (Å²) < 4.78 is 0. The lowest BCUT2D eigenvalue weighted by Crippen LogP contribution is -2.26. The largest absolute Gasteiger partial charge is 0.341 e. The third kappa shape index (κ3) is 4.64. The predicted octanol–water partition coefficient (Wildman–Crippen LogP) is 1.35. The Hall–Kier alpha value is -3.41. The molecular formula is C14H11N5O2. The number of nitrogens with zero attached hydrogens (tertiary/aromatic N) is 3. The molecule has 0 spiro atoms. The normalized spacial score (nSPS) is 8.67. The number of benzene rings is 1. The van der Waals surface area contributed by atoms with Gasteiger partial charge in [-0.15, -0.1) is 12.8 Å².